The highest BCUT2D eigenvalue weighted by molar-refractivity contribution is 7.88. The number of nitrogens with zero attached hydrogens (tertiary/aromatic N) is 1. The lowest BCUT2D eigenvalue weighted by Crippen LogP contribution is -2.41. The Labute approximate surface area is 125 Å². The Morgan fingerprint density at radius 3 is 2.60 bits per heavy atom. The first-order valence-corrected chi connectivity index (χ1v) is 9.91. The molecule has 0 aromatic rings. The molecular formula is C15H32N2O2S. The van der Waals surface area contributed by atoms with Crippen molar-refractivity contribution >= 4 is 10.0 Å². The maximum Gasteiger partial charge on any atom is 0.211 e. The number of hydrogen-bond donors (Lipinski definition) is 1. The lowest BCUT2D eigenvalue weighted by molar-refractivity contribution is 0.209. The van der Waals surface area contributed by atoms with Crippen molar-refractivity contribution in [1.82, 2.24) is 9.62 Å². The predicted octanol–water partition coefficient (Wildman–Crippen LogP) is 2.46. The quantitative estimate of drug-likeness (QED) is 0.749. The second-order valence-electron chi connectivity index (χ2n) is 6.28. The van der Waals surface area contributed by atoms with Crippen LogP contribution in [0.15, 0.2) is 0 Å². The van der Waals surface area contributed by atoms with Gasteiger partial charge in [0.2, 0.25) is 10.0 Å². The van der Waals surface area contributed by atoms with Crippen molar-refractivity contribution in [2.75, 3.05) is 25.9 Å². The van der Waals surface area contributed by atoms with E-state index in [2.05, 4.69) is 26.1 Å². The summed E-state index contributed by atoms with van der Waals surface area (Å²) in [6.45, 7) is 9.18. The highest BCUT2D eigenvalue weighted by atomic mass is 32.2. The van der Waals surface area contributed by atoms with Gasteiger partial charge in [-0.1, -0.05) is 20.3 Å². The fraction of sp³-hybridized carbons (Fsp3) is 1.00. The normalized spacial score (nSPS) is 24.5. The second-order valence-corrected chi connectivity index (χ2v) is 8.26. The van der Waals surface area contributed by atoms with E-state index in [9.17, 15) is 8.42 Å². The van der Waals surface area contributed by atoms with E-state index in [-0.39, 0.29) is 0 Å². The second kappa shape index (κ2) is 8.35. The Hall–Kier alpha value is -0.130. The molecule has 0 aromatic heterocycles. The van der Waals surface area contributed by atoms with Crippen LogP contribution < -0.4 is 5.32 Å². The zero-order valence-electron chi connectivity index (χ0n) is 13.6. The van der Waals surface area contributed by atoms with Gasteiger partial charge in [0.15, 0.2) is 0 Å². The van der Waals surface area contributed by atoms with Gasteiger partial charge in [-0.25, -0.2) is 12.7 Å². The largest absolute Gasteiger partial charge is 0.314 e. The number of rotatable bonds is 8. The molecule has 3 unspecified atom stereocenters. The highest BCUT2D eigenvalue weighted by Crippen LogP contribution is 2.27. The van der Waals surface area contributed by atoms with Gasteiger partial charge in [-0.3, -0.25) is 0 Å². The van der Waals surface area contributed by atoms with Gasteiger partial charge < -0.3 is 5.32 Å². The van der Waals surface area contributed by atoms with E-state index in [1.165, 1.54) is 12.7 Å². The van der Waals surface area contributed by atoms with Gasteiger partial charge in [0.25, 0.3) is 0 Å². The Morgan fingerprint density at radius 2 is 2.05 bits per heavy atom. The number of sulfonamides is 1. The van der Waals surface area contributed by atoms with Crippen LogP contribution in [0.5, 0.6) is 0 Å². The maximum atomic E-state index is 11.7. The average Bonchev–Trinajstić information content (AvgIpc) is 2.41. The zero-order valence-corrected chi connectivity index (χ0v) is 14.4. The zero-order chi connectivity index (χ0) is 15.2. The minimum atomic E-state index is -3.02. The minimum absolute atomic E-state index is 0.522. The summed E-state index contributed by atoms with van der Waals surface area (Å²) in [5.74, 6) is 1.17. The molecule has 20 heavy (non-hydrogen) atoms. The molecule has 120 valence electrons. The van der Waals surface area contributed by atoms with E-state index in [4.69, 9.17) is 0 Å². The Morgan fingerprint density at radius 1 is 1.35 bits per heavy atom. The van der Waals surface area contributed by atoms with Crippen LogP contribution in [0.1, 0.15) is 52.9 Å². The number of nitrogens with one attached hydrogen (secondary N) is 1. The summed E-state index contributed by atoms with van der Waals surface area (Å²) < 4.78 is 25.0. The van der Waals surface area contributed by atoms with Crippen molar-refractivity contribution in [1.29, 1.82) is 0 Å². The molecule has 4 nitrogen and oxygen atoms in total. The van der Waals surface area contributed by atoms with Gasteiger partial charge >= 0.3 is 0 Å². The van der Waals surface area contributed by atoms with E-state index in [0.717, 1.165) is 38.8 Å². The summed E-state index contributed by atoms with van der Waals surface area (Å²) in [5, 5.41) is 3.58. The molecule has 0 spiro atoms. The fourth-order valence-electron chi connectivity index (χ4n) is 3.21. The van der Waals surface area contributed by atoms with Gasteiger partial charge in [0.1, 0.15) is 0 Å². The molecule has 1 saturated heterocycles. The smallest absolute Gasteiger partial charge is 0.211 e. The van der Waals surface area contributed by atoms with Gasteiger partial charge in [-0.2, -0.15) is 0 Å². The molecule has 1 heterocycles. The number of hydrogen-bond acceptors (Lipinski definition) is 3. The molecule has 1 aliphatic rings. The van der Waals surface area contributed by atoms with Crippen molar-refractivity contribution in [3.63, 3.8) is 0 Å². The van der Waals surface area contributed by atoms with Crippen molar-refractivity contribution in [3.8, 4) is 0 Å². The van der Waals surface area contributed by atoms with Crippen LogP contribution in [-0.2, 0) is 10.0 Å². The molecule has 0 aliphatic carbocycles. The molecule has 1 rings (SSSR count). The molecule has 1 aliphatic heterocycles. The third kappa shape index (κ3) is 5.70. The predicted molar refractivity (Wildman–Crippen MR) is 85.3 cm³/mol. The van der Waals surface area contributed by atoms with E-state index >= 15 is 0 Å². The molecule has 3 atom stereocenters. The summed E-state index contributed by atoms with van der Waals surface area (Å²) >= 11 is 0. The third-order valence-electron chi connectivity index (χ3n) is 4.53. The van der Waals surface area contributed by atoms with Crippen LogP contribution in [-0.4, -0.2) is 44.7 Å². The molecule has 0 amide bonds. The molecular weight excluding hydrogens is 272 g/mol. The van der Waals surface area contributed by atoms with Crippen molar-refractivity contribution < 1.29 is 8.42 Å². The topological polar surface area (TPSA) is 49.4 Å². The van der Waals surface area contributed by atoms with Crippen LogP contribution in [0.2, 0.25) is 0 Å². The van der Waals surface area contributed by atoms with Crippen molar-refractivity contribution in [2.24, 2.45) is 11.8 Å². The molecule has 0 radical (unpaired) electrons. The summed E-state index contributed by atoms with van der Waals surface area (Å²) in [6.07, 6.45) is 6.96. The summed E-state index contributed by atoms with van der Waals surface area (Å²) in [6, 6.07) is 0.522. The van der Waals surface area contributed by atoms with Crippen LogP contribution in [0.25, 0.3) is 0 Å². The summed E-state index contributed by atoms with van der Waals surface area (Å²) in [4.78, 5) is 0. The van der Waals surface area contributed by atoms with Crippen LogP contribution >= 0.6 is 0 Å². The van der Waals surface area contributed by atoms with Crippen LogP contribution in [0, 0.1) is 11.8 Å². The first-order valence-electron chi connectivity index (χ1n) is 8.06. The Kier molecular flexibility index (Phi) is 7.48. The lowest BCUT2D eigenvalue weighted by Gasteiger charge is -2.34. The average molecular weight is 304 g/mol. The van der Waals surface area contributed by atoms with Crippen LogP contribution in [0.3, 0.4) is 0 Å². The molecule has 1 fully saturated rings. The minimum Gasteiger partial charge on any atom is -0.314 e. The Balaban J connectivity index is 2.52. The van der Waals surface area contributed by atoms with Crippen LogP contribution in [0.4, 0.5) is 0 Å². The van der Waals surface area contributed by atoms with E-state index < -0.39 is 10.0 Å². The van der Waals surface area contributed by atoms with Gasteiger partial charge in [-0.05, 0) is 51.0 Å². The van der Waals surface area contributed by atoms with Gasteiger partial charge in [0, 0.05) is 19.1 Å². The lowest BCUT2D eigenvalue weighted by atomic mass is 9.84. The highest BCUT2D eigenvalue weighted by Gasteiger charge is 2.28. The Bertz CT molecular complexity index is 370. The van der Waals surface area contributed by atoms with Gasteiger partial charge in [0.05, 0.1) is 6.26 Å². The van der Waals surface area contributed by atoms with E-state index in [1.54, 1.807) is 4.31 Å². The fourth-order valence-corrected chi connectivity index (χ4v) is 4.15. The molecule has 0 bridgehead atoms. The molecule has 0 aromatic carbocycles. The van der Waals surface area contributed by atoms with E-state index in [1.807, 2.05) is 0 Å². The molecule has 0 saturated carbocycles. The SMILES string of the molecule is CCCNC(C)C(CC)CC1CCCN(S(C)(=O)=O)C1. The van der Waals surface area contributed by atoms with Crippen molar-refractivity contribution in [3.05, 3.63) is 0 Å². The molecule has 5 heteroatoms. The first-order chi connectivity index (χ1) is 9.38. The summed E-state index contributed by atoms with van der Waals surface area (Å²) in [7, 11) is -3.02. The maximum absolute atomic E-state index is 11.7. The monoisotopic (exact) mass is 304 g/mol. The van der Waals surface area contributed by atoms with E-state index in [0.29, 0.717) is 24.4 Å². The first kappa shape index (κ1) is 17.9. The molecule has 1 N–H and O–H groups in total. The summed E-state index contributed by atoms with van der Waals surface area (Å²) in [5.41, 5.74) is 0. The standard InChI is InChI=1S/C15H32N2O2S/c1-5-9-16-13(3)15(6-2)11-14-8-7-10-17(12-14)20(4,18)19/h13-16H,5-12H2,1-4H3. The van der Waals surface area contributed by atoms with Crippen molar-refractivity contribution in [2.45, 2.75) is 58.9 Å². The third-order valence-corrected chi connectivity index (χ3v) is 5.80. The van der Waals surface area contributed by atoms with Gasteiger partial charge in [-0.15, -0.1) is 0 Å². The number of piperidine rings is 1.